The molecular formula is C15H30N2O2. The molecule has 0 saturated carbocycles. The fraction of sp³-hybridized carbons (Fsp3) is 0.933. The highest BCUT2D eigenvalue weighted by atomic mass is 16.5. The molecule has 1 heterocycles. The Hall–Kier alpha value is -0.610. The van der Waals surface area contributed by atoms with Gasteiger partial charge < -0.3 is 15.8 Å². The van der Waals surface area contributed by atoms with Gasteiger partial charge in [0.05, 0.1) is 18.1 Å². The Morgan fingerprint density at radius 3 is 2.42 bits per heavy atom. The maximum Gasteiger partial charge on any atom is 0.226 e. The summed E-state index contributed by atoms with van der Waals surface area (Å²) < 4.78 is 5.73. The molecule has 1 amide bonds. The van der Waals surface area contributed by atoms with Gasteiger partial charge >= 0.3 is 0 Å². The van der Waals surface area contributed by atoms with Crippen LogP contribution in [0.3, 0.4) is 0 Å². The van der Waals surface area contributed by atoms with Crippen LogP contribution in [-0.4, -0.2) is 31.2 Å². The standard InChI is InChI=1S/C15H30N2O2/c1-5-6-13(7-8-16)9-17-15(18)14-10(2)11(3)19-12(14)4/h10-14H,5-9,16H2,1-4H3,(H,17,18). The Morgan fingerprint density at radius 2 is 1.95 bits per heavy atom. The molecule has 0 spiro atoms. The van der Waals surface area contributed by atoms with Crippen molar-refractivity contribution in [2.45, 2.75) is 59.2 Å². The highest BCUT2D eigenvalue weighted by Crippen LogP contribution is 2.32. The van der Waals surface area contributed by atoms with Crippen molar-refractivity contribution in [2.75, 3.05) is 13.1 Å². The highest BCUT2D eigenvalue weighted by molar-refractivity contribution is 5.79. The van der Waals surface area contributed by atoms with E-state index in [0.29, 0.717) is 12.5 Å². The third kappa shape index (κ3) is 4.46. The van der Waals surface area contributed by atoms with Crippen LogP contribution in [0.15, 0.2) is 0 Å². The molecule has 19 heavy (non-hydrogen) atoms. The van der Waals surface area contributed by atoms with Gasteiger partial charge in [0, 0.05) is 6.54 Å². The van der Waals surface area contributed by atoms with Gasteiger partial charge in [-0.05, 0) is 45.1 Å². The minimum Gasteiger partial charge on any atom is -0.374 e. The van der Waals surface area contributed by atoms with Gasteiger partial charge in [0.2, 0.25) is 5.91 Å². The minimum absolute atomic E-state index is 0.0177. The number of rotatable bonds is 7. The Balaban J connectivity index is 2.45. The summed E-state index contributed by atoms with van der Waals surface area (Å²) in [6.07, 6.45) is 3.43. The third-order valence-corrected chi connectivity index (χ3v) is 4.38. The molecule has 0 aliphatic carbocycles. The normalized spacial score (nSPS) is 32.3. The van der Waals surface area contributed by atoms with E-state index in [2.05, 4.69) is 19.2 Å². The summed E-state index contributed by atoms with van der Waals surface area (Å²) in [5.41, 5.74) is 5.62. The molecule has 5 unspecified atom stereocenters. The number of carbonyl (C=O) groups is 1. The van der Waals surface area contributed by atoms with Crippen LogP contribution in [0.5, 0.6) is 0 Å². The summed E-state index contributed by atoms with van der Waals surface area (Å²) >= 11 is 0. The number of nitrogens with two attached hydrogens (primary N) is 1. The van der Waals surface area contributed by atoms with Gasteiger partial charge in [0.1, 0.15) is 0 Å². The maximum absolute atomic E-state index is 12.3. The molecule has 0 aromatic rings. The predicted octanol–water partition coefficient (Wildman–Crippen LogP) is 1.93. The first-order valence-corrected chi connectivity index (χ1v) is 7.64. The molecule has 3 N–H and O–H groups in total. The molecule has 1 saturated heterocycles. The quantitative estimate of drug-likeness (QED) is 0.743. The van der Waals surface area contributed by atoms with E-state index in [4.69, 9.17) is 10.5 Å². The second-order valence-electron chi connectivity index (χ2n) is 5.91. The summed E-state index contributed by atoms with van der Waals surface area (Å²) in [5.74, 6) is 0.913. The Labute approximate surface area is 117 Å². The highest BCUT2D eigenvalue weighted by Gasteiger charge is 2.41. The molecule has 1 aliphatic rings. The Bertz CT molecular complexity index is 277. The fourth-order valence-electron chi connectivity index (χ4n) is 3.07. The lowest BCUT2D eigenvalue weighted by Gasteiger charge is -2.21. The van der Waals surface area contributed by atoms with E-state index in [1.54, 1.807) is 0 Å². The number of hydrogen-bond acceptors (Lipinski definition) is 3. The minimum atomic E-state index is -0.0184. The van der Waals surface area contributed by atoms with Crippen molar-refractivity contribution in [3.05, 3.63) is 0 Å². The summed E-state index contributed by atoms with van der Waals surface area (Å²) in [5, 5.41) is 3.10. The molecule has 5 atom stereocenters. The van der Waals surface area contributed by atoms with Crippen LogP contribution in [0, 0.1) is 17.8 Å². The smallest absolute Gasteiger partial charge is 0.226 e. The third-order valence-electron chi connectivity index (χ3n) is 4.38. The van der Waals surface area contributed by atoms with Gasteiger partial charge in [-0.15, -0.1) is 0 Å². The number of amides is 1. The second kappa shape index (κ2) is 7.85. The van der Waals surface area contributed by atoms with E-state index in [-0.39, 0.29) is 30.0 Å². The van der Waals surface area contributed by atoms with Crippen LogP contribution in [0.1, 0.15) is 47.0 Å². The molecule has 0 aromatic carbocycles. The van der Waals surface area contributed by atoms with Crippen molar-refractivity contribution < 1.29 is 9.53 Å². The van der Waals surface area contributed by atoms with E-state index in [9.17, 15) is 4.79 Å². The molecule has 1 fully saturated rings. The van der Waals surface area contributed by atoms with Crippen LogP contribution < -0.4 is 11.1 Å². The van der Waals surface area contributed by atoms with Crippen LogP contribution >= 0.6 is 0 Å². The molecular weight excluding hydrogens is 240 g/mol. The van der Waals surface area contributed by atoms with E-state index in [1.807, 2.05) is 13.8 Å². The average molecular weight is 270 g/mol. The Kier molecular flexibility index (Phi) is 6.80. The summed E-state index contributed by atoms with van der Waals surface area (Å²) in [6, 6.07) is 0. The van der Waals surface area contributed by atoms with Crippen molar-refractivity contribution in [3.8, 4) is 0 Å². The van der Waals surface area contributed by atoms with Gasteiger partial charge in [-0.3, -0.25) is 4.79 Å². The predicted molar refractivity (Wildman–Crippen MR) is 77.7 cm³/mol. The van der Waals surface area contributed by atoms with Gasteiger partial charge in [0.25, 0.3) is 0 Å². The first kappa shape index (κ1) is 16.4. The van der Waals surface area contributed by atoms with Crippen LogP contribution in [0.4, 0.5) is 0 Å². The second-order valence-corrected chi connectivity index (χ2v) is 5.91. The molecule has 1 aliphatic heterocycles. The fourth-order valence-corrected chi connectivity index (χ4v) is 3.07. The maximum atomic E-state index is 12.3. The van der Waals surface area contributed by atoms with Gasteiger partial charge in [-0.25, -0.2) is 0 Å². The number of hydrogen-bond donors (Lipinski definition) is 2. The number of ether oxygens (including phenoxy) is 1. The number of carbonyl (C=O) groups excluding carboxylic acids is 1. The lowest BCUT2D eigenvalue weighted by molar-refractivity contribution is -0.127. The van der Waals surface area contributed by atoms with Crippen molar-refractivity contribution in [1.82, 2.24) is 5.32 Å². The van der Waals surface area contributed by atoms with Crippen molar-refractivity contribution in [2.24, 2.45) is 23.5 Å². The SMILES string of the molecule is CCCC(CCN)CNC(=O)C1C(C)OC(C)C1C. The van der Waals surface area contributed by atoms with Crippen LogP contribution in [0.25, 0.3) is 0 Å². The summed E-state index contributed by atoms with van der Waals surface area (Å²) in [7, 11) is 0. The van der Waals surface area contributed by atoms with Crippen molar-refractivity contribution >= 4 is 5.91 Å². The molecule has 0 aromatic heterocycles. The van der Waals surface area contributed by atoms with Crippen molar-refractivity contribution in [1.29, 1.82) is 0 Å². The first-order chi connectivity index (χ1) is 9.01. The molecule has 4 heteroatoms. The molecule has 1 rings (SSSR count). The largest absolute Gasteiger partial charge is 0.374 e. The van der Waals surface area contributed by atoms with E-state index in [0.717, 1.165) is 25.8 Å². The van der Waals surface area contributed by atoms with Gasteiger partial charge in [-0.2, -0.15) is 0 Å². The number of nitrogens with one attached hydrogen (secondary N) is 1. The summed E-state index contributed by atoms with van der Waals surface area (Å²) in [6.45, 7) is 9.74. The zero-order chi connectivity index (χ0) is 14.4. The van der Waals surface area contributed by atoms with E-state index in [1.165, 1.54) is 0 Å². The van der Waals surface area contributed by atoms with Gasteiger partial charge in [0.15, 0.2) is 0 Å². The zero-order valence-electron chi connectivity index (χ0n) is 12.8. The zero-order valence-corrected chi connectivity index (χ0v) is 12.8. The van der Waals surface area contributed by atoms with Crippen molar-refractivity contribution in [3.63, 3.8) is 0 Å². The lowest BCUT2D eigenvalue weighted by atomic mass is 9.88. The van der Waals surface area contributed by atoms with Gasteiger partial charge in [-0.1, -0.05) is 20.3 Å². The van der Waals surface area contributed by atoms with Crippen LogP contribution in [0.2, 0.25) is 0 Å². The Morgan fingerprint density at radius 1 is 1.26 bits per heavy atom. The molecule has 112 valence electrons. The molecule has 4 nitrogen and oxygen atoms in total. The van der Waals surface area contributed by atoms with E-state index >= 15 is 0 Å². The van der Waals surface area contributed by atoms with Crippen LogP contribution in [-0.2, 0) is 9.53 Å². The monoisotopic (exact) mass is 270 g/mol. The molecule has 0 radical (unpaired) electrons. The average Bonchev–Trinajstić information content (AvgIpc) is 2.61. The first-order valence-electron chi connectivity index (χ1n) is 7.64. The lowest BCUT2D eigenvalue weighted by Crippen LogP contribution is -2.39. The topological polar surface area (TPSA) is 64.3 Å². The molecule has 0 bridgehead atoms. The van der Waals surface area contributed by atoms with E-state index < -0.39 is 0 Å². The summed E-state index contributed by atoms with van der Waals surface area (Å²) in [4.78, 5) is 12.3.